The van der Waals surface area contributed by atoms with Crippen LogP contribution in [0.1, 0.15) is 97.1 Å². The van der Waals surface area contributed by atoms with Crippen molar-refractivity contribution < 1.29 is 4.74 Å². The molecule has 0 unspecified atom stereocenters. The summed E-state index contributed by atoms with van der Waals surface area (Å²) >= 11 is 0. The highest BCUT2D eigenvalue weighted by Crippen LogP contribution is 2.44. The fraction of sp³-hybridized carbons (Fsp3) is 0.259. The summed E-state index contributed by atoms with van der Waals surface area (Å²) in [6.07, 6.45) is 4.28. The Hall–Kier alpha value is -6.59. The average molecular weight is 829 g/mol. The highest BCUT2D eigenvalue weighted by atomic mass is 16.5. The van der Waals surface area contributed by atoms with E-state index in [-0.39, 0.29) is 21.7 Å². The van der Waals surface area contributed by atoms with E-state index in [1.165, 1.54) is 44.6 Å². The van der Waals surface area contributed by atoms with Crippen molar-refractivity contribution in [1.82, 2.24) is 9.55 Å². The molecule has 0 radical (unpaired) electrons. The van der Waals surface area contributed by atoms with Crippen LogP contribution in [0.15, 0.2) is 176 Å². The summed E-state index contributed by atoms with van der Waals surface area (Å²) in [5.41, 5.74) is 11.3. The van der Waals surface area contributed by atoms with E-state index in [1.54, 1.807) is 0 Å². The lowest BCUT2D eigenvalue weighted by atomic mass is 9.78. The second-order valence-electron chi connectivity index (χ2n) is 20.3. The van der Waals surface area contributed by atoms with Gasteiger partial charge in [0.05, 0.1) is 17.7 Å². The minimum Gasteiger partial charge on any atom is -0.457 e. The van der Waals surface area contributed by atoms with Crippen LogP contribution in [0.25, 0.3) is 27.6 Å². The monoisotopic (exact) mass is 828 g/mol. The summed E-state index contributed by atoms with van der Waals surface area (Å²) in [5.74, 6) is 2.43. The first kappa shape index (κ1) is 41.7. The van der Waals surface area contributed by atoms with Gasteiger partial charge in [0.25, 0.3) is 0 Å². The summed E-state index contributed by atoms with van der Waals surface area (Å²) < 4.78 is 9.36. The van der Waals surface area contributed by atoms with Crippen molar-refractivity contribution in [2.45, 2.75) is 85.5 Å². The molecule has 0 saturated heterocycles. The van der Waals surface area contributed by atoms with Gasteiger partial charge in [-0.05, 0) is 87.8 Å². The molecule has 63 heavy (non-hydrogen) atoms. The minimum absolute atomic E-state index is 0.0484. The van der Waals surface area contributed by atoms with Crippen molar-refractivity contribution in [1.29, 1.82) is 0 Å². The number of rotatable bonds is 9. The lowest BCUT2D eigenvalue weighted by molar-refractivity contribution is 0.478. The lowest BCUT2D eigenvalue weighted by Crippen LogP contribution is -2.31. The van der Waals surface area contributed by atoms with Crippen LogP contribution in [0.4, 0.5) is 11.4 Å². The van der Waals surface area contributed by atoms with Gasteiger partial charge in [0.2, 0.25) is 0 Å². The summed E-state index contributed by atoms with van der Waals surface area (Å²) in [4.78, 5) is 9.87. The molecule has 1 aliphatic rings. The molecule has 5 heteroatoms. The number of benzene rings is 6. The van der Waals surface area contributed by atoms with Gasteiger partial charge in [-0.15, -0.1) is 0 Å². The van der Waals surface area contributed by atoms with Crippen molar-refractivity contribution >= 4 is 33.2 Å². The number of pyridine rings is 1. The van der Waals surface area contributed by atoms with E-state index in [0.29, 0.717) is 6.67 Å². The van der Waals surface area contributed by atoms with Gasteiger partial charge < -0.3 is 14.5 Å². The molecule has 0 spiro atoms. The van der Waals surface area contributed by atoms with Gasteiger partial charge in [0.1, 0.15) is 17.3 Å². The van der Waals surface area contributed by atoms with E-state index in [9.17, 15) is 0 Å². The van der Waals surface area contributed by atoms with Gasteiger partial charge in [0.15, 0.2) is 0 Å². The summed E-state index contributed by atoms with van der Waals surface area (Å²) in [7, 11) is 0. The number of hydrogen-bond acceptors (Lipinski definition) is 4. The Labute approximate surface area is 374 Å². The van der Waals surface area contributed by atoms with Crippen molar-refractivity contribution in [2.75, 3.05) is 16.5 Å². The number of ether oxygens (including phenoxy) is 1. The van der Waals surface area contributed by atoms with Gasteiger partial charge >= 0.3 is 0 Å². The molecule has 0 amide bonds. The largest absolute Gasteiger partial charge is 0.457 e. The van der Waals surface area contributed by atoms with Crippen LogP contribution in [0, 0.1) is 5.41 Å². The number of para-hydroxylation sites is 1. The van der Waals surface area contributed by atoms with Crippen LogP contribution in [-0.2, 0) is 16.2 Å². The zero-order chi connectivity index (χ0) is 44.3. The Morgan fingerprint density at radius 2 is 1.08 bits per heavy atom. The molecule has 2 aromatic heterocycles. The Bertz CT molecular complexity index is 2980. The third-order valence-electron chi connectivity index (χ3n) is 13.2. The van der Waals surface area contributed by atoms with Crippen molar-refractivity contribution in [3.8, 4) is 17.3 Å². The second-order valence-corrected chi connectivity index (χ2v) is 20.3. The van der Waals surface area contributed by atoms with Crippen LogP contribution in [0.3, 0.4) is 0 Å². The van der Waals surface area contributed by atoms with Crippen LogP contribution in [0.2, 0.25) is 0 Å². The highest BCUT2D eigenvalue weighted by Gasteiger charge is 2.34. The number of aromatic nitrogens is 2. The van der Waals surface area contributed by atoms with Crippen molar-refractivity contribution in [3.05, 3.63) is 204 Å². The topological polar surface area (TPSA) is 33.5 Å². The van der Waals surface area contributed by atoms with Crippen LogP contribution >= 0.6 is 0 Å². The zero-order valence-corrected chi connectivity index (χ0v) is 38.6. The predicted octanol–water partition coefficient (Wildman–Crippen LogP) is 15.1. The Kier molecular flexibility index (Phi) is 10.4. The maximum absolute atomic E-state index is 7.07. The fourth-order valence-corrected chi connectivity index (χ4v) is 9.14. The normalized spacial score (nSPS) is 13.8. The Morgan fingerprint density at radius 3 is 1.76 bits per heavy atom. The quantitative estimate of drug-likeness (QED) is 0.145. The third-order valence-corrected chi connectivity index (χ3v) is 13.2. The summed E-state index contributed by atoms with van der Waals surface area (Å²) in [6, 6.07) is 56.8. The van der Waals surface area contributed by atoms with Crippen LogP contribution in [0.5, 0.6) is 11.5 Å². The molecule has 0 aliphatic carbocycles. The molecule has 0 saturated carbocycles. The molecule has 5 nitrogen and oxygen atoms in total. The molecule has 8 aromatic rings. The Balaban J connectivity index is 1.15. The zero-order valence-electron chi connectivity index (χ0n) is 38.6. The number of anilines is 2. The van der Waals surface area contributed by atoms with Gasteiger partial charge in [-0.2, -0.15) is 0 Å². The minimum atomic E-state index is -0.304. The van der Waals surface area contributed by atoms with E-state index in [4.69, 9.17) is 9.72 Å². The number of hydrogen-bond donors (Lipinski definition) is 0. The fourth-order valence-electron chi connectivity index (χ4n) is 9.14. The van der Waals surface area contributed by atoms with E-state index in [2.05, 4.69) is 248 Å². The van der Waals surface area contributed by atoms with Gasteiger partial charge in [0, 0.05) is 68.6 Å². The molecule has 0 bridgehead atoms. The predicted molar refractivity (Wildman–Crippen MR) is 265 cm³/mol. The Morgan fingerprint density at radius 1 is 0.460 bits per heavy atom. The molecule has 318 valence electrons. The molecule has 1 aliphatic heterocycles. The highest BCUT2D eigenvalue weighted by molar-refractivity contribution is 6.09. The molecule has 6 aromatic carbocycles. The first-order valence-corrected chi connectivity index (χ1v) is 22.3. The second kappa shape index (κ2) is 15.6. The van der Waals surface area contributed by atoms with Gasteiger partial charge in [-0.1, -0.05) is 160 Å². The molecule has 9 rings (SSSR count). The molecular weight excluding hydrogens is 769 g/mol. The molecule has 3 heterocycles. The van der Waals surface area contributed by atoms with Crippen molar-refractivity contribution in [3.63, 3.8) is 0 Å². The van der Waals surface area contributed by atoms with Crippen molar-refractivity contribution in [2.24, 2.45) is 5.41 Å². The maximum Gasteiger partial charge on any atom is 0.137 e. The molecule has 0 atom stereocenters. The van der Waals surface area contributed by atoms with E-state index in [1.807, 2.05) is 6.20 Å². The smallest absolute Gasteiger partial charge is 0.137 e. The van der Waals surface area contributed by atoms with E-state index >= 15 is 0 Å². The number of fused-ring (bicyclic) bond motifs is 3. The first-order valence-electron chi connectivity index (χ1n) is 22.3. The van der Waals surface area contributed by atoms with Crippen LogP contribution in [-0.4, -0.2) is 16.2 Å². The summed E-state index contributed by atoms with van der Waals surface area (Å²) in [5, 5.41) is 2.33. The standard InChI is InChI=1S/C58H60N4O/c1-55(2,3)42-24-19-25-45(32-42)60-38-53(56(4,5)6)61(39-60)46-33-44(58(9,10)41-22-15-12-16-23-41)34-48(36-46)63-47-28-29-50-49-26-17-18-27-51(49)62(52(50)37-47)54-35-43(30-31-59-54)57(7,8)40-20-13-11-14-21-40/h11-38H,39H2,1-10H3. The molecule has 0 fully saturated rings. The van der Waals surface area contributed by atoms with E-state index < -0.39 is 0 Å². The molecule has 0 N–H and O–H groups in total. The van der Waals surface area contributed by atoms with Gasteiger partial charge in [-0.25, -0.2) is 4.98 Å². The van der Waals surface area contributed by atoms with Gasteiger partial charge in [-0.3, -0.25) is 4.57 Å². The average Bonchev–Trinajstić information content (AvgIpc) is 3.88. The summed E-state index contributed by atoms with van der Waals surface area (Å²) in [6.45, 7) is 23.6. The molecular formula is C58H60N4O. The van der Waals surface area contributed by atoms with Crippen LogP contribution < -0.4 is 14.5 Å². The number of allylic oxidation sites excluding steroid dienone is 1. The number of nitrogens with zero attached hydrogens (tertiary/aromatic N) is 4. The third kappa shape index (κ3) is 7.90. The SMILES string of the molecule is CC(C)(C)C1=CN(c2cccc(C(C)(C)C)c2)CN1c1cc(Oc2ccc3c4ccccc4n(-c4cc(C(C)(C)c5ccccc5)ccn4)c3c2)cc(C(C)(C)c2ccccc2)c1. The maximum atomic E-state index is 7.07. The lowest BCUT2D eigenvalue weighted by Gasteiger charge is -2.33. The first-order chi connectivity index (χ1) is 30.0. The van der Waals surface area contributed by atoms with E-state index in [0.717, 1.165) is 39.4 Å².